The molecule has 0 saturated heterocycles. The van der Waals surface area contributed by atoms with Gasteiger partial charge in [0.15, 0.2) is 5.82 Å². The van der Waals surface area contributed by atoms with Gasteiger partial charge >= 0.3 is 0 Å². The van der Waals surface area contributed by atoms with Crippen LogP contribution in [-0.2, 0) is 16.6 Å². The smallest absolute Gasteiger partial charge is 0.244 e. The Morgan fingerprint density at radius 2 is 2.00 bits per heavy atom. The van der Waals surface area contributed by atoms with Gasteiger partial charge in [0.1, 0.15) is 4.90 Å². The van der Waals surface area contributed by atoms with Gasteiger partial charge in [-0.15, -0.1) is 0 Å². The quantitative estimate of drug-likeness (QED) is 0.766. The van der Waals surface area contributed by atoms with Gasteiger partial charge in [-0.3, -0.25) is 0 Å². The fourth-order valence-electron chi connectivity index (χ4n) is 1.24. The third-order valence-electron chi connectivity index (χ3n) is 2.15. The number of nitrogens with zero attached hydrogens (tertiary/aromatic N) is 4. The number of rotatable bonds is 5. The summed E-state index contributed by atoms with van der Waals surface area (Å²) in [6.07, 6.45) is 2.42. The van der Waals surface area contributed by atoms with E-state index in [1.165, 1.54) is 12.4 Å². The second-order valence-electron chi connectivity index (χ2n) is 3.55. The van der Waals surface area contributed by atoms with Gasteiger partial charge in [0, 0.05) is 14.0 Å². The van der Waals surface area contributed by atoms with E-state index in [0.29, 0.717) is 11.8 Å². The summed E-state index contributed by atoms with van der Waals surface area (Å²) in [6.45, 7) is 1.56. The second kappa shape index (κ2) is 5.28. The maximum Gasteiger partial charge on any atom is 0.244 e. The van der Waals surface area contributed by atoms with E-state index in [1.54, 1.807) is 14.0 Å². The molecule has 0 amide bonds. The molecule has 0 bridgehead atoms. The molecule has 0 fully saturated rings. The summed E-state index contributed by atoms with van der Waals surface area (Å²) in [5, 5.41) is 6.28. The molecule has 9 nitrogen and oxygen atoms in total. The van der Waals surface area contributed by atoms with Crippen LogP contribution in [-0.4, -0.2) is 35.6 Å². The lowest BCUT2D eigenvalue weighted by Gasteiger charge is -2.04. The van der Waals surface area contributed by atoms with Gasteiger partial charge in [0.25, 0.3) is 0 Å². The number of anilines is 1. The molecule has 102 valence electrons. The number of hydrogen-bond acceptors (Lipinski definition) is 8. The lowest BCUT2D eigenvalue weighted by Crippen LogP contribution is -2.24. The number of hydrogen-bond donors (Lipinski definition) is 2. The Morgan fingerprint density at radius 3 is 2.53 bits per heavy atom. The lowest BCUT2D eigenvalue weighted by molar-refractivity contribution is 0.387. The molecule has 0 saturated carbocycles. The molecule has 2 aromatic rings. The molecule has 0 aliphatic heterocycles. The molecule has 19 heavy (non-hydrogen) atoms. The fraction of sp³-hybridized carbons (Fsp3) is 0.333. The van der Waals surface area contributed by atoms with E-state index >= 15 is 0 Å². The van der Waals surface area contributed by atoms with Crippen molar-refractivity contribution in [2.75, 3.05) is 12.4 Å². The van der Waals surface area contributed by atoms with Crippen LogP contribution in [0.4, 0.5) is 5.95 Å². The summed E-state index contributed by atoms with van der Waals surface area (Å²) in [5.41, 5.74) is 0. The van der Waals surface area contributed by atoms with Crippen molar-refractivity contribution >= 4 is 16.0 Å². The molecule has 0 unspecified atom stereocenters. The first-order chi connectivity index (χ1) is 9.01. The zero-order valence-corrected chi connectivity index (χ0v) is 11.1. The summed E-state index contributed by atoms with van der Waals surface area (Å²) >= 11 is 0. The summed E-state index contributed by atoms with van der Waals surface area (Å²) in [5.74, 6) is 0.970. The average Bonchev–Trinajstić information content (AvgIpc) is 2.82. The molecule has 0 aliphatic rings. The van der Waals surface area contributed by atoms with Crippen LogP contribution in [0.2, 0.25) is 0 Å². The molecule has 0 aromatic carbocycles. The van der Waals surface area contributed by atoms with Crippen molar-refractivity contribution in [2.24, 2.45) is 0 Å². The Labute approximate surface area is 109 Å². The molecule has 2 rings (SSSR count). The van der Waals surface area contributed by atoms with Gasteiger partial charge in [0.2, 0.25) is 21.9 Å². The summed E-state index contributed by atoms with van der Waals surface area (Å²) in [6, 6.07) is 0. The van der Waals surface area contributed by atoms with Gasteiger partial charge in [-0.25, -0.2) is 23.1 Å². The zero-order valence-electron chi connectivity index (χ0n) is 10.3. The highest BCUT2D eigenvalue weighted by Crippen LogP contribution is 2.07. The average molecular weight is 284 g/mol. The van der Waals surface area contributed by atoms with Gasteiger partial charge in [0.05, 0.1) is 18.9 Å². The Bertz CT molecular complexity index is 651. The van der Waals surface area contributed by atoms with E-state index in [4.69, 9.17) is 4.52 Å². The van der Waals surface area contributed by atoms with E-state index in [9.17, 15) is 8.42 Å². The third kappa shape index (κ3) is 3.23. The van der Waals surface area contributed by atoms with E-state index in [-0.39, 0.29) is 17.3 Å². The van der Waals surface area contributed by atoms with Gasteiger partial charge in [-0.1, -0.05) is 5.16 Å². The van der Waals surface area contributed by atoms with Crippen LogP contribution in [0, 0.1) is 6.92 Å². The SMILES string of the molecule is CNc1ncc(S(=O)(=O)NCc2noc(C)n2)cn1. The number of aromatic nitrogens is 4. The van der Waals surface area contributed by atoms with Crippen molar-refractivity contribution in [2.45, 2.75) is 18.4 Å². The molecule has 0 radical (unpaired) electrons. The summed E-state index contributed by atoms with van der Waals surface area (Å²) < 4.78 is 30.9. The highest BCUT2D eigenvalue weighted by atomic mass is 32.2. The maximum absolute atomic E-state index is 11.9. The van der Waals surface area contributed by atoms with Crippen molar-refractivity contribution in [3.63, 3.8) is 0 Å². The summed E-state index contributed by atoms with van der Waals surface area (Å²) in [4.78, 5) is 11.5. The second-order valence-corrected chi connectivity index (χ2v) is 5.31. The first-order valence-corrected chi connectivity index (χ1v) is 6.78. The van der Waals surface area contributed by atoms with E-state index in [1.807, 2.05) is 0 Å². The van der Waals surface area contributed by atoms with Crippen molar-refractivity contribution in [1.29, 1.82) is 0 Å². The minimum Gasteiger partial charge on any atom is -0.357 e. The van der Waals surface area contributed by atoms with Gasteiger partial charge in [-0.05, 0) is 0 Å². The number of sulfonamides is 1. The molecule has 2 aromatic heterocycles. The Hall–Kier alpha value is -2.07. The predicted molar refractivity (Wildman–Crippen MR) is 64.6 cm³/mol. The van der Waals surface area contributed by atoms with Crippen LogP contribution < -0.4 is 10.0 Å². The van der Waals surface area contributed by atoms with Crippen LogP contribution in [0.3, 0.4) is 0 Å². The Kier molecular flexibility index (Phi) is 3.71. The van der Waals surface area contributed by atoms with Crippen molar-refractivity contribution < 1.29 is 12.9 Å². The topological polar surface area (TPSA) is 123 Å². The van der Waals surface area contributed by atoms with E-state index in [2.05, 4.69) is 30.1 Å². The van der Waals surface area contributed by atoms with Crippen molar-refractivity contribution in [3.05, 3.63) is 24.1 Å². The Morgan fingerprint density at radius 1 is 1.32 bits per heavy atom. The highest BCUT2D eigenvalue weighted by Gasteiger charge is 2.16. The van der Waals surface area contributed by atoms with Crippen LogP contribution in [0.15, 0.2) is 21.8 Å². The lowest BCUT2D eigenvalue weighted by atomic mass is 10.6. The molecule has 2 N–H and O–H groups in total. The van der Waals surface area contributed by atoms with E-state index < -0.39 is 10.0 Å². The molecular weight excluding hydrogens is 272 g/mol. The standard InChI is InChI=1S/C9H12N6O3S/c1-6-14-8(15-18-6)5-13-19(16,17)7-3-11-9(10-2)12-4-7/h3-4,13H,5H2,1-2H3,(H,10,11,12). The minimum atomic E-state index is -3.70. The van der Waals surface area contributed by atoms with E-state index in [0.717, 1.165) is 0 Å². The predicted octanol–water partition coefficient (Wildman–Crippen LogP) is -0.312. The van der Waals surface area contributed by atoms with Crippen LogP contribution >= 0.6 is 0 Å². The van der Waals surface area contributed by atoms with Crippen molar-refractivity contribution in [1.82, 2.24) is 24.8 Å². The zero-order chi connectivity index (χ0) is 13.9. The fourth-order valence-corrected chi connectivity index (χ4v) is 2.11. The number of nitrogens with one attached hydrogen (secondary N) is 2. The third-order valence-corrected chi connectivity index (χ3v) is 3.51. The number of aryl methyl sites for hydroxylation is 1. The normalized spacial score (nSPS) is 11.5. The maximum atomic E-state index is 11.9. The van der Waals surface area contributed by atoms with Crippen LogP contribution in [0.5, 0.6) is 0 Å². The molecule has 0 atom stereocenters. The van der Waals surface area contributed by atoms with Gasteiger partial charge in [-0.2, -0.15) is 4.98 Å². The molecule has 2 heterocycles. The van der Waals surface area contributed by atoms with Crippen molar-refractivity contribution in [3.8, 4) is 0 Å². The molecule has 0 aliphatic carbocycles. The molecular formula is C9H12N6O3S. The first-order valence-electron chi connectivity index (χ1n) is 5.30. The van der Waals surface area contributed by atoms with Crippen LogP contribution in [0.25, 0.3) is 0 Å². The summed E-state index contributed by atoms with van der Waals surface area (Å²) in [7, 11) is -2.06. The van der Waals surface area contributed by atoms with Gasteiger partial charge < -0.3 is 9.84 Å². The first kappa shape index (κ1) is 13.4. The molecule has 0 spiro atoms. The minimum absolute atomic E-state index is 0.0354. The Balaban J connectivity index is 2.09. The monoisotopic (exact) mass is 284 g/mol. The highest BCUT2D eigenvalue weighted by molar-refractivity contribution is 7.89. The van der Waals surface area contributed by atoms with Crippen LogP contribution in [0.1, 0.15) is 11.7 Å². The largest absolute Gasteiger partial charge is 0.357 e. The molecule has 10 heteroatoms.